The Bertz CT molecular complexity index is 804. The Kier molecular flexibility index (Phi) is 3.41. The first-order chi connectivity index (χ1) is 12.2. The van der Waals surface area contributed by atoms with Gasteiger partial charge in [0.1, 0.15) is 5.82 Å². The predicted octanol–water partition coefficient (Wildman–Crippen LogP) is 2.68. The van der Waals surface area contributed by atoms with Crippen LogP contribution in [-0.4, -0.2) is 34.2 Å². The zero-order valence-electron chi connectivity index (χ0n) is 14.2. The number of hydrogen-bond acceptors (Lipinski definition) is 4. The van der Waals surface area contributed by atoms with Crippen molar-refractivity contribution in [1.29, 1.82) is 0 Å². The summed E-state index contributed by atoms with van der Waals surface area (Å²) in [5, 5.41) is 13.9. The van der Waals surface area contributed by atoms with E-state index in [1.165, 1.54) is 12.8 Å². The van der Waals surface area contributed by atoms with Gasteiger partial charge in [0.25, 0.3) is 0 Å². The van der Waals surface area contributed by atoms with Crippen LogP contribution in [0.15, 0.2) is 24.3 Å². The van der Waals surface area contributed by atoms with E-state index < -0.39 is 0 Å². The fourth-order valence-corrected chi connectivity index (χ4v) is 4.10. The molecule has 25 heavy (non-hydrogen) atoms. The maximum atomic E-state index is 12.6. The molecule has 2 heterocycles. The van der Waals surface area contributed by atoms with Gasteiger partial charge in [-0.1, -0.05) is 12.1 Å². The fraction of sp³-hybridized carbons (Fsp3) is 0.526. The molecule has 1 spiro atoms. The monoisotopic (exact) mass is 337 g/mol. The highest BCUT2D eigenvalue weighted by atomic mass is 16.2. The van der Waals surface area contributed by atoms with Gasteiger partial charge in [-0.15, -0.1) is 0 Å². The lowest BCUT2D eigenvalue weighted by molar-refractivity contribution is -0.118. The van der Waals surface area contributed by atoms with Gasteiger partial charge in [0, 0.05) is 23.1 Å². The number of H-pyrrole nitrogens is 1. The molecule has 3 N–H and O–H groups in total. The van der Waals surface area contributed by atoms with E-state index in [1.54, 1.807) is 0 Å². The molecular formula is C19H23N5O. The maximum absolute atomic E-state index is 12.6. The van der Waals surface area contributed by atoms with Crippen LogP contribution in [0.25, 0.3) is 11.4 Å². The van der Waals surface area contributed by atoms with Crippen molar-refractivity contribution in [2.24, 2.45) is 11.3 Å². The Balaban J connectivity index is 1.29. The van der Waals surface area contributed by atoms with Gasteiger partial charge in [-0.25, -0.2) is 4.98 Å². The summed E-state index contributed by atoms with van der Waals surface area (Å²) in [4.78, 5) is 17.2. The fourth-order valence-electron chi connectivity index (χ4n) is 4.10. The molecule has 1 unspecified atom stereocenters. The third kappa shape index (κ3) is 2.84. The summed E-state index contributed by atoms with van der Waals surface area (Å²) in [6, 6.07) is 7.84. The van der Waals surface area contributed by atoms with E-state index in [0.717, 1.165) is 49.4 Å². The third-order valence-corrected chi connectivity index (χ3v) is 5.96. The Morgan fingerprint density at radius 2 is 2.08 bits per heavy atom. The number of nitrogens with one attached hydrogen (secondary N) is 3. The standard InChI is InChI=1S/C19H23N5O/c25-18(15-11-19(15)6-8-20-9-7-19)21-14-3-1-2-13(10-14)17-22-16(23-24-17)12-4-5-12/h1-3,10,12,15,20H,4-9,11H2,(H,21,25)(H,22,23,24). The van der Waals surface area contributed by atoms with Crippen molar-refractivity contribution in [2.45, 2.75) is 38.0 Å². The molecule has 0 bridgehead atoms. The maximum Gasteiger partial charge on any atom is 0.228 e. The molecule has 6 nitrogen and oxygen atoms in total. The van der Waals surface area contributed by atoms with E-state index >= 15 is 0 Å². The molecule has 2 aromatic rings. The Morgan fingerprint density at radius 3 is 2.88 bits per heavy atom. The average molecular weight is 337 g/mol. The van der Waals surface area contributed by atoms with Crippen molar-refractivity contribution >= 4 is 11.6 Å². The van der Waals surface area contributed by atoms with Crippen LogP contribution in [0.2, 0.25) is 0 Å². The number of aromatic nitrogens is 3. The van der Waals surface area contributed by atoms with Gasteiger partial charge >= 0.3 is 0 Å². The van der Waals surface area contributed by atoms with E-state index in [2.05, 4.69) is 25.8 Å². The van der Waals surface area contributed by atoms with E-state index in [4.69, 9.17) is 0 Å². The number of piperidine rings is 1. The smallest absolute Gasteiger partial charge is 0.228 e. The molecule has 2 saturated carbocycles. The van der Waals surface area contributed by atoms with Gasteiger partial charge in [0.15, 0.2) is 5.82 Å². The van der Waals surface area contributed by atoms with Gasteiger partial charge < -0.3 is 10.6 Å². The topological polar surface area (TPSA) is 82.7 Å². The lowest BCUT2D eigenvalue weighted by Gasteiger charge is -2.23. The Labute approximate surface area is 146 Å². The molecule has 0 radical (unpaired) electrons. The van der Waals surface area contributed by atoms with Crippen molar-refractivity contribution in [1.82, 2.24) is 20.5 Å². The van der Waals surface area contributed by atoms with Crippen molar-refractivity contribution < 1.29 is 4.79 Å². The lowest BCUT2D eigenvalue weighted by Crippen LogP contribution is -2.31. The normalized spacial score (nSPS) is 24.2. The zero-order valence-corrected chi connectivity index (χ0v) is 14.2. The second-order valence-electron chi connectivity index (χ2n) is 7.76. The molecular weight excluding hydrogens is 314 g/mol. The van der Waals surface area contributed by atoms with E-state index in [-0.39, 0.29) is 17.2 Å². The molecule has 1 saturated heterocycles. The summed E-state index contributed by atoms with van der Waals surface area (Å²) in [5.74, 6) is 2.57. The van der Waals surface area contributed by atoms with E-state index in [1.807, 2.05) is 24.3 Å². The highest BCUT2D eigenvalue weighted by Gasteiger charge is 2.57. The first-order valence-corrected chi connectivity index (χ1v) is 9.28. The van der Waals surface area contributed by atoms with Gasteiger partial charge in [0.2, 0.25) is 5.91 Å². The molecule has 3 aliphatic rings. The molecule has 2 aliphatic carbocycles. The van der Waals surface area contributed by atoms with Crippen LogP contribution in [0.1, 0.15) is 43.8 Å². The van der Waals surface area contributed by atoms with Gasteiger partial charge in [-0.2, -0.15) is 5.10 Å². The number of carbonyl (C=O) groups excluding carboxylic acids is 1. The molecule has 1 aliphatic heterocycles. The number of aromatic amines is 1. The average Bonchev–Trinajstić information content (AvgIpc) is 3.55. The van der Waals surface area contributed by atoms with Crippen LogP contribution in [-0.2, 0) is 4.79 Å². The van der Waals surface area contributed by atoms with Gasteiger partial charge in [-0.3, -0.25) is 9.89 Å². The van der Waals surface area contributed by atoms with Crippen molar-refractivity contribution in [3.63, 3.8) is 0 Å². The predicted molar refractivity (Wildman–Crippen MR) is 95.1 cm³/mol. The molecule has 1 aromatic heterocycles. The summed E-state index contributed by atoms with van der Waals surface area (Å²) < 4.78 is 0. The lowest BCUT2D eigenvalue weighted by atomic mass is 9.92. The van der Waals surface area contributed by atoms with Crippen LogP contribution < -0.4 is 10.6 Å². The van der Waals surface area contributed by atoms with E-state index in [9.17, 15) is 4.79 Å². The molecule has 1 atom stereocenters. The molecule has 5 rings (SSSR count). The van der Waals surface area contributed by atoms with Crippen LogP contribution in [0.5, 0.6) is 0 Å². The van der Waals surface area contributed by atoms with Crippen LogP contribution in [0.3, 0.4) is 0 Å². The highest BCUT2D eigenvalue weighted by Crippen LogP contribution is 2.58. The first kappa shape index (κ1) is 15.1. The number of rotatable bonds is 4. The number of hydrogen-bond donors (Lipinski definition) is 3. The third-order valence-electron chi connectivity index (χ3n) is 5.96. The number of carbonyl (C=O) groups is 1. The van der Waals surface area contributed by atoms with Crippen molar-refractivity contribution in [3.8, 4) is 11.4 Å². The Morgan fingerprint density at radius 1 is 1.24 bits per heavy atom. The van der Waals surface area contributed by atoms with E-state index in [0.29, 0.717) is 11.7 Å². The number of amides is 1. The Hall–Kier alpha value is -2.21. The molecule has 1 aromatic carbocycles. The first-order valence-electron chi connectivity index (χ1n) is 9.28. The molecule has 3 fully saturated rings. The van der Waals surface area contributed by atoms with Gasteiger partial charge in [-0.05, 0) is 62.7 Å². The van der Waals surface area contributed by atoms with Crippen LogP contribution in [0, 0.1) is 11.3 Å². The summed E-state index contributed by atoms with van der Waals surface area (Å²) in [5.41, 5.74) is 2.03. The van der Waals surface area contributed by atoms with Crippen molar-refractivity contribution in [2.75, 3.05) is 18.4 Å². The largest absolute Gasteiger partial charge is 0.326 e. The molecule has 1 amide bonds. The van der Waals surface area contributed by atoms with Crippen LogP contribution >= 0.6 is 0 Å². The summed E-state index contributed by atoms with van der Waals surface area (Å²) in [6.45, 7) is 2.07. The van der Waals surface area contributed by atoms with Gasteiger partial charge in [0.05, 0.1) is 0 Å². The molecule has 130 valence electrons. The quantitative estimate of drug-likeness (QED) is 0.801. The minimum Gasteiger partial charge on any atom is -0.326 e. The number of anilines is 1. The van der Waals surface area contributed by atoms with Crippen LogP contribution in [0.4, 0.5) is 5.69 Å². The number of nitrogens with zero attached hydrogens (tertiary/aromatic N) is 2. The molecule has 6 heteroatoms. The van der Waals surface area contributed by atoms with Crippen molar-refractivity contribution in [3.05, 3.63) is 30.1 Å². The summed E-state index contributed by atoms with van der Waals surface area (Å²) in [7, 11) is 0. The minimum absolute atomic E-state index is 0.160. The summed E-state index contributed by atoms with van der Waals surface area (Å²) >= 11 is 0. The second-order valence-corrected chi connectivity index (χ2v) is 7.76. The highest BCUT2D eigenvalue weighted by molar-refractivity contribution is 5.95. The zero-order chi connectivity index (χ0) is 16.9. The summed E-state index contributed by atoms with van der Waals surface area (Å²) in [6.07, 6.45) is 5.66. The number of benzene rings is 1. The second kappa shape index (κ2) is 5.66. The SMILES string of the molecule is O=C(Nc1cccc(-c2n[nH]c(C3CC3)n2)c1)C1CC12CCNCC2. The minimum atomic E-state index is 0.160.